The van der Waals surface area contributed by atoms with E-state index >= 15 is 0 Å². The third kappa shape index (κ3) is 4.84. The molecule has 0 saturated carbocycles. The van der Waals surface area contributed by atoms with Crippen molar-refractivity contribution in [2.45, 2.75) is 13.2 Å². The molecule has 0 saturated heterocycles. The molecule has 1 aliphatic rings. The van der Waals surface area contributed by atoms with Crippen LogP contribution in [-0.4, -0.2) is 39.3 Å². The number of benzene rings is 2. The van der Waals surface area contributed by atoms with E-state index in [0.29, 0.717) is 67.6 Å². The van der Waals surface area contributed by atoms with Gasteiger partial charge in [0.1, 0.15) is 18.0 Å². The molecule has 0 atom stereocenters. The minimum absolute atomic E-state index is 0.145. The van der Waals surface area contributed by atoms with Crippen molar-refractivity contribution in [2.75, 3.05) is 13.7 Å². The first-order valence-electron chi connectivity index (χ1n) is 10.6. The monoisotopic (exact) mass is 573 g/mol. The van der Waals surface area contributed by atoms with Gasteiger partial charge < -0.3 is 14.8 Å². The lowest BCUT2D eigenvalue weighted by atomic mass is 10.1. The van der Waals surface area contributed by atoms with Crippen LogP contribution in [0.2, 0.25) is 10.0 Å². The SMILES string of the molecule is COc1cc(-c2nccc(-c3cc4n(n3)CCNC4=O)n2)cc(Br)c1OCc1ccc(Cl)cc1Cl. The zero-order valence-corrected chi connectivity index (χ0v) is 21.5. The molecule has 1 amide bonds. The fourth-order valence-electron chi connectivity index (χ4n) is 3.68. The summed E-state index contributed by atoms with van der Waals surface area (Å²) >= 11 is 15.8. The fraction of sp³-hybridized carbons (Fsp3) is 0.167. The first-order valence-corrected chi connectivity index (χ1v) is 12.1. The topological polar surface area (TPSA) is 91.2 Å². The van der Waals surface area contributed by atoms with Crippen molar-refractivity contribution < 1.29 is 14.3 Å². The van der Waals surface area contributed by atoms with Gasteiger partial charge >= 0.3 is 0 Å². The number of hydrogen-bond acceptors (Lipinski definition) is 6. The van der Waals surface area contributed by atoms with Gasteiger partial charge in [-0.2, -0.15) is 5.10 Å². The van der Waals surface area contributed by atoms with E-state index in [0.717, 1.165) is 5.56 Å². The largest absolute Gasteiger partial charge is 0.493 e. The lowest BCUT2D eigenvalue weighted by Crippen LogP contribution is -2.35. The van der Waals surface area contributed by atoms with Crippen LogP contribution >= 0.6 is 39.1 Å². The molecule has 35 heavy (non-hydrogen) atoms. The van der Waals surface area contributed by atoms with Crippen molar-refractivity contribution in [3.05, 3.63) is 74.4 Å². The Kier molecular flexibility index (Phi) is 6.64. The van der Waals surface area contributed by atoms with E-state index in [4.69, 9.17) is 32.7 Å². The number of nitrogens with one attached hydrogen (secondary N) is 1. The minimum atomic E-state index is -0.145. The van der Waals surface area contributed by atoms with Crippen LogP contribution in [0.15, 0.2) is 53.1 Å². The normalized spacial score (nSPS) is 12.7. The number of nitrogens with zero attached hydrogens (tertiary/aromatic N) is 4. The van der Waals surface area contributed by atoms with E-state index in [1.165, 1.54) is 0 Å². The second kappa shape index (κ2) is 9.85. The van der Waals surface area contributed by atoms with Gasteiger partial charge in [0.25, 0.3) is 5.91 Å². The fourth-order valence-corrected chi connectivity index (χ4v) is 4.70. The second-order valence-corrected chi connectivity index (χ2v) is 9.37. The summed E-state index contributed by atoms with van der Waals surface area (Å²) in [5.74, 6) is 1.35. The van der Waals surface area contributed by atoms with Crippen molar-refractivity contribution in [1.82, 2.24) is 25.1 Å². The summed E-state index contributed by atoms with van der Waals surface area (Å²) in [5.41, 5.74) is 3.23. The molecule has 8 nitrogen and oxygen atoms in total. The molecule has 0 radical (unpaired) electrons. The molecule has 178 valence electrons. The zero-order valence-electron chi connectivity index (χ0n) is 18.4. The van der Waals surface area contributed by atoms with Crippen molar-refractivity contribution in [1.29, 1.82) is 0 Å². The summed E-state index contributed by atoms with van der Waals surface area (Å²) in [7, 11) is 1.56. The summed E-state index contributed by atoms with van der Waals surface area (Å²) in [6, 6.07) is 12.4. The molecule has 0 aliphatic carbocycles. The molecule has 0 unspecified atom stereocenters. The highest BCUT2D eigenvalue weighted by Gasteiger charge is 2.21. The number of fused-ring (bicyclic) bond motifs is 1. The van der Waals surface area contributed by atoms with Crippen LogP contribution in [0, 0.1) is 0 Å². The minimum Gasteiger partial charge on any atom is -0.493 e. The number of halogens is 3. The number of amides is 1. The van der Waals surface area contributed by atoms with E-state index in [1.54, 1.807) is 48.3 Å². The predicted octanol–water partition coefficient (Wildman–Crippen LogP) is 5.41. The van der Waals surface area contributed by atoms with E-state index < -0.39 is 0 Å². The van der Waals surface area contributed by atoms with Gasteiger partial charge in [0.05, 0.1) is 23.8 Å². The van der Waals surface area contributed by atoms with Crippen LogP contribution in [0.5, 0.6) is 11.5 Å². The van der Waals surface area contributed by atoms with E-state index in [1.807, 2.05) is 12.1 Å². The Balaban J connectivity index is 1.44. The molecule has 2 aromatic heterocycles. The number of carbonyl (C=O) groups excluding carboxylic acids is 1. The van der Waals surface area contributed by atoms with Gasteiger partial charge in [-0.1, -0.05) is 29.3 Å². The van der Waals surface area contributed by atoms with E-state index in [-0.39, 0.29) is 12.5 Å². The van der Waals surface area contributed by atoms with Crippen LogP contribution in [0.3, 0.4) is 0 Å². The van der Waals surface area contributed by atoms with Crippen LogP contribution in [0.25, 0.3) is 22.8 Å². The molecule has 2 aromatic carbocycles. The molecule has 0 fully saturated rings. The summed E-state index contributed by atoms with van der Waals surface area (Å²) in [5, 5.41) is 8.42. The van der Waals surface area contributed by atoms with Gasteiger partial charge in [0.2, 0.25) is 0 Å². The summed E-state index contributed by atoms with van der Waals surface area (Å²) in [6.07, 6.45) is 1.66. The Morgan fingerprint density at radius 2 is 2.00 bits per heavy atom. The third-order valence-corrected chi connectivity index (χ3v) is 6.59. The first-order chi connectivity index (χ1) is 16.9. The van der Waals surface area contributed by atoms with Crippen molar-refractivity contribution in [3.8, 4) is 34.3 Å². The van der Waals surface area contributed by atoms with Crippen molar-refractivity contribution >= 4 is 45.0 Å². The van der Waals surface area contributed by atoms with E-state index in [9.17, 15) is 4.79 Å². The maximum absolute atomic E-state index is 12.1. The lowest BCUT2D eigenvalue weighted by molar-refractivity contribution is 0.0924. The smallest absolute Gasteiger partial charge is 0.269 e. The number of methoxy groups -OCH3 is 1. The maximum atomic E-state index is 12.1. The summed E-state index contributed by atoms with van der Waals surface area (Å²) in [4.78, 5) is 21.2. The number of aromatic nitrogens is 4. The Morgan fingerprint density at radius 1 is 1.14 bits per heavy atom. The summed E-state index contributed by atoms with van der Waals surface area (Å²) < 4.78 is 14.0. The second-order valence-electron chi connectivity index (χ2n) is 7.67. The Labute approximate surface area is 219 Å². The van der Waals surface area contributed by atoms with Crippen LogP contribution in [0.4, 0.5) is 0 Å². The molecule has 1 aliphatic heterocycles. The van der Waals surface area contributed by atoms with Gasteiger partial charge in [-0.15, -0.1) is 0 Å². The highest BCUT2D eigenvalue weighted by Crippen LogP contribution is 2.40. The molecule has 0 bridgehead atoms. The Hall–Kier alpha value is -3.14. The Morgan fingerprint density at radius 3 is 2.77 bits per heavy atom. The third-order valence-electron chi connectivity index (χ3n) is 5.41. The number of rotatable bonds is 6. The van der Waals surface area contributed by atoms with Gasteiger partial charge in [-0.25, -0.2) is 9.97 Å². The number of ether oxygens (including phenoxy) is 2. The highest BCUT2D eigenvalue weighted by atomic mass is 79.9. The van der Waals surface area contributed by atoms with Crippen LogP contribution in [-0.2, 0) is 13.2 Å². The van der Waals surface area contributed by atoms with Gasteiger partial charge in [0.15, 0.2) is 17.3 Å². The molecular weight excluding hydrogens is 557 g/mol. The molecule has 0 spiro atoms. The van der Waals surface area contributed by atoms with Crippen molar-refractivity contribution in [2.24, 2.45) is 0 Å². The lowest BCUT2D eigenvalue weighted by Gasteiger charge is -2.15. The molecule has 4 aromatic rings. The van der Waals surface area contributed by atoms with Gasteiger partial charge in [-0.05, 0) is 52.3 Å². The quantitative estimate of drug-likeness (QED) is 0.331. The molecule has 5 rings (SSSR count). The average molecular weight is 575 g/mol. The maximum Gasteiger partial charge on any atom is 0.269 e. The first kappa shape index (κ1) is 23.6. The van der Waals surface area contributed by atoms with Crippen LogP contribution in [0.1, 0.15) is 16.1 Å². The van der Waals surface area contributed by atoms with Crippen molar-refractivity contribution in [3.63, 3.8) is 0 Å². The van der Waals surface area contributed by atoms with Gasteiger partial charge in [0, 0.05) is 33.9 Å². The Bertz CT molecular complexity index is 1440. The molecule has 3 heterocycles. The summed E-state index contributed by atoms with van der Waals surface area (Å²) in [6.45, 7) is 1.40. The highest BCUT2D eigenvalue weighted by molar-refractivity contribution is 9.10. The average Bonchev–Trinajstić information content (AvgIpc) is 3.30. The number of hydrogen-bond donors (Lipinski definition) is 1. The number of carbonyl (C=O) groups is 1. The molecule has 11 heteroatoms. The predicted molar refractivity (Wildman–Crippen MR) is 136 cm³/mol. The standard InChI is InChI=1S/C24H18BrCl2N5O3/c1-34-21-9-14(8-16(25)22(21)35-12-13-2-3-15(26)10-17(13)27)23-28-5-4-18(30-23)19-11-20-24(33)29-6-7-32(20)31-19/h2-5,8-11H,6-7,12H2,1H3,(H,29,33). The molecular formula is C24H18BrCl2N5O3. The van der Waals surface area contributed by atoms with Crippen LogP contribution < -0.4 is 14.8 Å². The van der Waals surface area contributed by atoms with Gasteiger partial charge in [-0.3, -0.25) is 9.48 Å². The van der Waals surface area contributed by atoms with E-state index in [2.05, 4.69) is 36.3 Å². The zero-order chi connectivity index (χ0) is 24.5. The molecule has 1 N–H and O–H groups in total.